The van der Waals surface area contributed by atoms with E-state index >= 15 is 0 Å². The van der Waals surface area contributed by atoms with E-state index in [-0.39, 0.29) is 63.8 Å². The molecule has 17 rings (SSSR count). The fourth-order valence-corrected chi connectivity index (χ4v) is 19.0. The van der Waals surface area contributed by atoms with Crippen molar-refractivity contribution in [1.29, 1.82) is 0 Å². The molecule has 28 heteroatoms. The molecule has 3 aliphatic rings. The summed E-state index contributed by atoms with van der Waals surface area (Å²) < 4.78 is 106. The Labute approximate surface area is 841 Å². The molecule has 0 radical (unpaired) electrons. The topological polar surface area (TPSA) is 354 Å². The zero-order chi connectivity index (χ0) is 104. The predicted octanol–water partition coefficient (Wildman–Crippen LogP) is 22.2. The summed E-state index contributed by atoms with van der Waals surface area (Å²) >= 11 is 0. The average Bonchev–Trinajstić information content (AvgIpc) is 1.60. The molecule has 0 heterocycles. The zero-order valence-electron chi connectivity index (χ0n) is 83.7. The minimum Gasteiger partial charge on any atom is -0.508 e. The number of Topliss-reactive ketones (excluding diaryl/α,β-unsaturated/α-hetero) is 1. The first kappa shape index (κ1) is 104. The Hall–Kier alpha value is -17.3. The maximum Gasteiger partial charge on any atom is 0.171 e. The molecule has 0 spiro atoms. The summed E-state index contributed by atoms with van der Waals surface area (Å²) in [7, 11) is 30.6. The average molecular weight is 1970 g/mol. The van der Waals surface area contributed by atoms with Gasteiger partial charge in [-0.1, -0.05) is 72.8 Å². The van der Waals surface area contributed by atoms with Crippen LogP contribution in [-0.4, -0.2) is 182 Å². The monoisotopic (exact) mass is 1970 g/mol. The van der Waals surface area contributed by atoms with E-state index in [2.05, 4.69) is 42.5 Å². The van der Waals surface area contributed by atoms with Gasteiger partial charge in [0.05, 0.1) is 141 Å². The number of hydrogen-bond donors (Lipinski definition) is 8. The molecule has 0 aliphatic heterocycles. The second kappa shape index (κ2) is 46.4. The second-order valence-electron chi connectivity index (χ2n) is 33.7. The molecular weight excluding hydrogens is 1850 g/mol. The van der Waals surface area contributed by atoms with Crippen LogP contribution in [0.4, 0.5) is 0 Å². The maximum absolute atomic E-state index is 13.9. The van der Waals surface area contributed by atoms with E-state index in [1.165, 1.54) is 54.6 Å². The van der Waals surface area contributed by atoms with Gasteiger partial charge in [0.25, 0.3) is 0 Å². The number of carbonyl (C=O) groups is 1. The quantitative estimate of drug-likeness (QED) is 0.0148. The van der Waals surface area contributed by atoms with Crippen molar-refractivity contribution in [3.63, 3.8) is 0 Å². The van der Waals surface area contributed by atoms with Crippen LogP contribution >= 0.6 is 0 Å². The molecule has 8 N–H and O–H groups in total. The van der Waals surface area contributed by atoms with Crippen molar-refractivity contribution < 1.29 is 136 Å². The number of benzene rings is 14. The number of ether oxygens (including phenoxy) is 19. The third kappa shape index (κ3) is 22.2. The number of hydrogen-bond acceptors (Lipinski definition) is 28. The van der Waals surface area contributed by atoms with E-state index in [1.54, 1.807) is 196 Å². The first-order chi connectivity index (χ1) is 70.1. The molecule has 752 valence electrons. The first-order valence-electron chi connectivity index (χ1n) is 45.7. The number of carbonyl (C=O) groups excluding carboxylic acids is 1. The molecule has 0 amide bonds. The highest BCUT2D eigenvalue weighted by atomic mass is 16.5. The van der Waals surface area contributed by atoms with E-state index in [0.29, 0.717) is 142 Å². The number of aliphatic hydroxyl groups excluding tert-OH is 1. The van der Waals surface area contributed by atoms with Gasteiger partial charge in [-0.15, -0.1) is 0 Å². The normalized spacial score (nSPS) is 15.8. The van der Waals surface area contributed by atoms with Gasteiger partial charge in [-0.05, 0) is 229 Å². The number of allylic oxidation sites excluding steroid dienone is 2. The van der Waals surface area contributed by atoms with Crippen LogP contribution in [0.3, 0.4) is 0 Å². The Morgan fingerprint density at radius 2 is 0.586 bits per heavy atom. The Morgan fingerprint density at radius 3 is 1.05 bits per heavy atom. The molecule has 1 unspecified atom stereocenters. The molecule has 0 aromatic heterocycles. The van der Waals surface area contributed by atoms with Crippen LogP contribution in [0.15, 0.2) is 243 Å². The lowest BCUT2D eigenvalue weighted by atomic mass is 9.79. The van der Waals surface area contributed by atoms with Crippen LogP contribution in [0, 0.1) is 0 Å². The van der Waals surface area contributed by atoms with Gasteiger partial charge in [-0.3, -0.25) is 4.79 Å². The van der Waals surface area contributed by atoms with Crippen molar-refractivity contribution in [2.45, 2.75) is 41.6 Å². The van der Waals surface area contributed by atoms with Crippen molar-refractivity contribution in [2.75, 3.05) is 135 Å². The van der Waals surface area contributed by atoms with Crippen LogP contribution in [0.5, 0.6) is 149 Å². The van der Waals surface area contributed by atoms with Gasteiger partial charge >= 0.3 is 0 Å². The van der Waals surface area contributed by atoms with Crippen molar-refractivity contribution in [2.24, 2.45) is 0 Å². The highest BCUT2D eigenvalue weighted by Gasteiger charge is 2.47. The lowest BCUT2D eigenvalue weighted by Gasteiger charge is -2.25. The van der Waals surface area contributed by atoms with Gasteiger partial charge in [0.15, 0.2) is 51.8 Å². The van der Waals surface area contributed by atoms with E-state index in [9.17, 15) is 45.6 Å². The molecule has 28 nitrogen and oxygen atoms in total. The van der Waals surface area contributed by atoms with Crippen molar-refractivity contribution in [3.05, 3.63) is 343 Å². The minimum atomic E-state index is -1.02. The number of ketones is 1. The molecule has 0 bridgehead atoms. The predicted molar refractivity (Wildman–Crippen MR) is 553 cm³/mol. The second-order valence-corrected chi connectivity index (χ2v) is 33.7. The van der Waals surface area contributed by atoms with Gasteiger partial charge in [0.2, 0.25) is 0 Å². The smallest absolute Gasteiger partial charge is 0.171 e. The summed E-state index contributed by atoms with van der Waals surface area (Å²) in [6, 6.07) is 71.2. The van der Waals surface area contributed by atoms with Crippen molar-refractivity contribution in [3.8, 4) is 149 Å². The summed E-state index contributed by atoms with van der Waals surface area (Å²) in [5.74, 6) is 8.43. The van der Waals surface area contributed by atoms with E-state index in [0.717, 1.165) is 78.3 Å². The molecule has 0 saturated carbocycles. The summed E-state index contributed by atoms with van der Waals surface area (Å²) in [5.41, 5.74) is 15.6. The standard InChI is InChI=1S/C35H36O7.C28H22O7.C27H28O7.C27H30O7/c1-36-24-11-8-21(9-12-24)14-28-29-19-27(39-4)20-32(42-7)35(29)34(23-15-25(37-2)18-26(16-23)38-3)33(28)22-10-13-30(40-5)31(17-22)41-6;29-17-4-1-14(2-5-17)7-21-22-12-20(32)13-25(35)28(22)27(16-8-18(30)11-19(31)9-16)26(21)15-3-6-23(33)24(34)10-15;1-29-17-9-16(10-18(12-17)30-2)24-25(15-7-8-21(32-4)22(11-15)33-5)27(28)20-13-19(31-3)14-23(34-6)26(20)24;1-29-20-13-19(14-21(15-20)30-2)27(28)26-18(12-22(31-3)16-25(26)34-6)9-7-17-8-10-23(32-4)24(11-17)33-5/h8-20,33-34H,1-7H3;1-13,26-27,29-35H;7-14,24-25H,1-6H3;7-16,27-28H,1-6H3/b28-14-;21-7-;;9-7+/t33-,34+;26-,27+;24-,25-;/m110./s1. The Bertz CT molecular complexity index is 7020. The number of phenols is 7. The SMILES string of the molecule is COc1cc(OC)cc(C(O)c2c(/C=C/c3ccc(OC)c(OC)c3)cc(OC)cc2OC)c1.COc1cc(OC)cc([C@@H]2c3c(OC)cc(OC)cc3C(=O)[C@H]2c2ccc(OC)c(OC)c2)c1.COc1ccc(/C=C2/c3cc(OC)cc(OC)c3[C@@H](c3cc(OC)cc(OC)c3)[C@@H]2c2ccc(OC)c(OC)c2)cc1.Oc1ccc(/C=C2/c3cc(O)cc(O)c3[C@@H](c3cc(O)cc(O)c3)[C@@H]2c2ccc(O)c(O)c2)cc1. The Balaban J connectivity index is 0.000000154. The van der Waals surface area contributed by atoms with Crippen LogP contribution < -0.4 is 90.0 Å². The molecule has 14 aromatic carbocycles. The number of rotatable bonds is 31. The van der Waals surface area contributed by atoms with Gasteiger partial charge < -0.3 is 131 Å². The van der Waals surface area contributed by atoms with Crippen LogP contribution in [-0.2, 0) is 0 Å². The number of phenolic OH excluding ortho intramolecular Hbond substituents is 7. The maximum atomic E-state index is 13.9. The zero-order valence-corrected chi connectivity index (χ0v) is 83.7. The summed E-state index contributed by atoms with van der Waals surface area (Å²) in [4.78, 5) is 13.9. The number of methoxy groups -OCH3 is 19. The first-order valence-corrected chi connectivity index (χ1v) is 45.7. The van der Waals surface area contributed by atoms with E-state index < -0.39 is 23.9 Å². The molecular formula is C117H116O28. The van der Waals surface area contributed by atoms with E-state index in [4.69, 9.17) is 90.0 Å². The lowest BCUT2D eigenvalue weighted by molar-refractivity contribution is 0.0967. The third-order valence-corrected chi connectivity index (χ3v) is 25.8. The fourth-order valence-electron chi connectivity index (χ4n) is 19.0. The molecule has 7 atom stereocenters. The highest BCUT2D eigenvalue weighted by molar-refractivity contribution is 6.08. The van der Waals surface area contributed by atoms with Gasteiger partial charge in [0.1, 0.15) is 110 Å². The number of aliphatic hydroxyl groups is 1. The number of aromatic hydroxyl groups is 7. The molecule has 0 saturated heterocycles. The van der Waals surface area contributed by atoms with Crippen molar-refractivity contribution >= 4 is 41.2 Å². The summed E-state index contributed by atoms with van der Waals surface area (Å²) in [5, 5.41) is 82.9. The lowest BCUT2D eigenvalue weighted by Crippen LogP contribution is -2.14. The van der Waals surface area contributed by atoms with Crippen LogP contribution in [0.25, 0.3) is 35.5 Å². The molecule has 3 aliphatic carbocycles. The van der Waals surface area contributed by atoms with Gasteiger partial charge in [-0.25, -0.2) is 0 Å². The fraction of sp³-hybridized carbons (Fsp3) is 0.222. The van der Waals surface area contributed by atoms with Crippen LogP contribution in [0.1, 0.15) is 147 Å². The Kier molecular flexibility index (Phi) is 33.2. The molecule has 145 heavy (non-hydrogen) atoms. The van der Waals surface area contributed by atoms with Gasteiger partial charge in [0, 0.05) is 106 Å². The van der Waals surface area contributed by atoms with Crippen LogP contribution in [0.2, 0.25) is 0 Å². The third-order valence-electron chi connectivity index (χ3n) is 25.8. The number of fused-ring (bicyclic) bond motifs is 3. The van der Waals surface area contributed by atoms with Crippen molar-refractivity contribution in [1.82, 2.24) is 0 Å². The molecule has 0 fully saturated rings. The minimum absolute atomic E-state index is 0.0359. The highest BCUT2D eigenvalue weighted by Crippen LogP contribution is 2.63. The van der Waals surface area contributed by atoms with E-state index in [1.807, 2.05) is 109 Å². The summed E-state index contributed by atoms with van der Waals surface area (Å²) in [6.07, 6.45) is 6.85. The van der Waals surface area contributed by atoms with Gasteiger partial charge in [-0.2, -0.15) is 0 Å². The largest absolute Gasteiger partial charge is 0.508 e. The summed E-state index contributed by atoms with van der Waals surface area (Å²) in [6.45, 7) is 0. The Morgan fingerprint density at radius 1 is 0.228 bits per heavy atom. The molecule has 14 aromatic rings.